The third-order valence-corrected chi connectivity index (χ3v) is 5.37. The second-order valence-corrected chi connectivity index (χ2v) is 7.91. The van der Waals surface area contributed by atoms with Gasteiger partial charge in [0.2, 0.25) is 0 Å². The summed E-state index contributed by atoms with van der Waals surface area (Å²) in [6.45, 7) is 9.08. The van der Waals surface area contributed by atoms with Crippen molar-refractivity contribution in [2.45, 2.75) is 98.3 Å². The maximum absolute atomic E-state index is 11.9. The lowest BCUT2D eigenvalue weighted by Gasteiger charge is -2.28. The van der Waals surface area contributed by atoms with Crippen molar-refractivity contribution in [3.63, 3.8) is 0 Å². The molecule has 1 aliphatic carbocycles. The number of ketones is 1. The average Bonchev–Trinajstić information content (AvgIpc) is 2.46. The first-order valence-corrected chi connectivity index (χ1v) is 9.55. The Bertz CT molecular complexity index is 282. The zero-order valence-electron chi connectivity index (χ0n) is 15.0. The molecule has 21 heavy (non-hydrogen) atoms. The Kier molecular flexibility index (Phi) is 9.27. The standard InChI is InChI=1S/C20H38O/c1-5-20(21)19-14-8-13-18(15-19)12-7-11-17(4)10-6-9-16(2)3/h16-19H,5-15H2,1-4H3. The molecule has 1 nitrogen and oxygen atoms in total. The first kappa shape index (κ1) is 18.7. The van der Waals surface area contributed by atoms with Crippen LogP contribution in [-0.4, -0.2) is 5.78 Å². The predicted molar refractivity (Wildman–Crippen MR) is 92.5 cm³/mol. The number of hydrogen-bond acceptors (Lipinski definition) is 1. The molecule has 124 valence electrons. The molecule has 0 amide bonds. The molecule has 0 heterocycles. The highest BCUT2D eigenvalue weighted by atomic mass is 16.1. The highest BCUT2D eigenvalue weighted by Gasteiger charge is 2.25. The summed E-state index contributed by atoms with van der Waals surface area (Å²) in [6, 6.07) is 0. The topological polar surface area (TPSA) is 17.1 Å². The number of hydrogen-bond donors (Lipinski definition) is 0. The van der Waals surface area contributed by atoms with Gasteiger partial charge in [0.15, 0.2) is 0 Å². The molecular weight excluding hydrogens is 256 g/mol. The van der Waals surface area contributed by atoms with Crippen molar-refractivity contribution in [3.05, 3.63) is 0 Å². The average molecular weight is 295 g/mol. The fourth-order valence-electron chi connectivity index (χ4n) is 3.91. The molecule has 1 fully saturated rings. The zero-order chi connectivity index (χ0) is 15.7. The molecule has 0 bridgehead atoms. The van der Waals surface area contributed by atoms with Crippen molar-refractivity contribution in [2.24, 2.45) is 23.7 Å². The molecule has 1 saturated carbocycles. The predicted octanol–water partition coefficient (Wildman–Crippen LogP) is 6.40. The Balaban J connectivity index is 2.12. The number of Topliss-reactive ketones (excluding diaryl/α,β-unsaturated/α-hetero) is 1. The molecular formula is C20H38O. The van der Waals surface area contributed by atoms with Gasteiger partial charge in [0.05, 0.1) is 0 Å². The number of rotatable bonds is 10. The van der Waals surface area contributed by atoms with Gasteiger partial charge in [-0.05, 0) is 30.6 Å². The van der Waals surface area contributed by atoms with E-state index in [0.29, 0.717) is 11.7 Å². The Hall–Kier alpha value is -0.330. The van der Waals surface area contributed by atoms with Gasteiger partial charge in [-0.3, -0.25) is 4.79 Å². The van der Waals surface area contributed by atoms with Gasteiger partial charge in [-0.1, -0.05) is 79.1 Å². The third kappa shape index (κ3) is 8.02. The van der Waals surface area contributed by atoms with E-state index in [-0.39, 0.29) is 0 Å². The van der Waals surface area contributed by atoms with Crippen LogP contribution in [0.5, 0.6) is 0 Å². The quantitative estimate of drug-likeness (QED) is 0.455. The van der Waals surface area contributed by atoms with E-state index in [9.17, 15) is 4.79 Å². The fraction of sp³-hybridized carbons (Fsp3) is 0.950. The normalized spacial score (nSPS) is 24.2. The monoisotopic (exact) mass is 294 g/mol. The molecule has 0 N–H and O–H groups in total. The van der Waals surface area contributed by atoms with Crippen LogP contribution in [-0.2, 0) is 4.79 Å². The largest absolute Gasteiger partial charge is 0.299 e. The summed E-state index contributed by atoms with van der Waals surface area (Å²) >= 11 is 0. The molecule has 0 aromatic heterocycles. The van der Waals surface area contributed by atoms with Gasteiger partial charge >= 0.3 is 0 Å². The second kappa shape index (κ2) is 10.4. The van der Waals surface area contributed by atoms with Crippen LogP contribution in [0.2, 0.25) is 0 Å². The molecule has 0 saturated heterocycles. The summed E-state index contributed by atoms with van der Waals surface area (Å²) in [5, 5.41) is 0. The summed E-state index contributed by atoms with van der Waals surface area (Å²) in [7, 11) is 0. The third-order valence-electron chi connectivity index (χ3n) is 5.37. The van der Waals surface area contributed by atoms with E-state index in [2.05, 4.69) is 20.8 Å². The Morgan fingerprint density at radius 3 is 2.43 bits per heavy atom. The maximum atomic E-state index is 11.9. The van der Waals surface area contributed by atoms with Crippen molar-refractivity contribution >= 4 is 5.78 Å². The summed E-state index contributed by atoms with van der Waals surface area (Å²) in [6.07, 6.45) is 14.1. The van der Waals surface area contributed by atoms with E-state index in [4.69, 9.17) is 0 Å². The molecule has 0 radical (unpaired) electrons. The molecule has 0 aromatic carbocycles. The van der Waals surface area contributed by atoms with Crippen molar-refractivity contribution in [2.75, 3.05) is 0 Å². The molecule has 3 unspecified atom stereocenters. The van der Waals surface area contributed by atoms with Crippen molar-refractivity contribution in [1.82, 2.24) is 0 Å². The van der Waals surface area contributed by atoms with Crippen molar-refractivity contribution in [3.8, 4) is 0 Å². The SMILES string of the molecule is CCC(=O)C1CCCC(CCCC(C)CCCC(C)C)C1. The molecule has 1 heteroatoms. The van der Waals surface area contributed by atoms with Crippen LogP contribution in [0.1, 0.15) is 98.3 Å². The highest BCUT2D eigenvalue weighted by Crippen LogP contribution is 2.33. The molecule has 0 aliphatic heterocycles. The van der Waals surface area contributed by atoms with E-state index in [1.54, 1.807) is 0 Å². The van der Waals surface area contributed by atoms with Gasteiger partial charge in [-0.25, -0.2) is 0 Å². The Morgan fingerprint density at radius 2 is 1.76 bits per heavy atom. The van der Waals surface area contributed by atoms with Crippen LogP contribution < -0.4 is 0 Å². The molecule has 3 atom stereocenters. The smallest absolute Gasteiger partial charge is 0.135 e. The number of carbonyl (C=O) groups is 1. The minimum atomic E-state index is 0.400. The van der Waals surface area contributed by atoms with Gasteiger partial charge in [-0.15, -0.1) is 0 Å². The maximum Gasteiger partial charge on any atom is 0.135 e. The lowest BCUT2D eigenvalue weighted by molar-refractivity contribution is -0.124. The van der Waals surface area contributed by atoms with Crippen LogP contribution in [0.25, 0.3) is 0 Å². The van der Waals surface area contributed by atoms with E-state index >= 15 is 0 Å². The van der Waals surface area contributed by atoms with Gasteiger partial charge in [0.1, 0.15) is 5.78 Å². The van der Waals surface area contributed by atoms with Crippen LogP contribution in [0.15, 0.2) is 0 Å². The van der Waals surface area contributed by atoms with Crippen molar-refractivity contribution in [1.29, 1.82) is 0 Å². The first-order chi connectivity index (χ1) is 10.0. The van der Waals surface area contributed by atoms with Gasteiger partial charge in [0, 0.05) is 12.3 Å². The highest BCUT2D eigenvalue weighted by molar-refractivity contribution is 5.80. The molecule has 0 spiro atoms. The summed E-state index contributed by atoms with van der Waals surface area (Å²) in [4.78, 5) is 11.9. The van der Waals surface area contributed by atoms with E-state index < -0.39 is 0 Å². The lowest BCUT2D eigenvalue weighted by Crippen LogP contribution is -2.22. The summed E-state index contributed by atoms with van der Waals surface area (Å²) in [5.41, 5.74) is 0. The number of carbonyl (C=O) groups excluding carboxylic acids is 1. The van der Waals surface area contributed by atoms with E-state index in [1.165, 1.54) is 57.8 Å². The van der Waals surface area contributed by atoms with Gasteiger partial charge in [0.25, 0.3) is 0 Å². The summed E-state index contributed by atoms with van der Waals surface area (Å²) < 4.78 is 0. The fourth-order valence-corrected chi connectivity index (χ4v) is 3.91. The molecule has 1 rings (SSSR count). The summed E-state index contributed by atoms with van der Waals surface area (Å²) in [5.74, 6) is 3.49. The molecule has 1 aliphatic rings. The van der Waals surface area contributed by atoms with Crippen LogP contribution in [0.4, 0.5) is 0 Å². The minimum absolute atomic E-state index is 0.400. The second-order valence-electron chi connectivity index (χ2n) is 7.91. The lowest BCUT2D eigenvalue weighted by atomic mass is 9.76. The first-order valence-electron chi connectivity index (χ1n) is 9.55. The van der Waals surface area contributed by atoms with Crippen molar-refractivity contribution < 1.29 is 4.79 Å². The van der Waals surface area contributed by atoms with Crippen LogP contribution >= 0.6 is 0 Å². The zero-order valence-corrected chi connectivity index (χ0v) is 15.0. The van der Waals surface area contributed by atoms with Crippen LogP contribution in [0.3, 0.4) is 0 Å². The Morgan fingerprint density at radius 1 is 1.05 bits per heavy atom. The minimum Gasteiger partial charge on any atom is -0.299 e. The van der Waals surface area contributed by atoms with E-state index in [0.717, 1.165) is 30.6 Å². The van der Waals surface area contributed by atoms with Crippen LogP contribution in [0, 0.1) is 23.7 Å². The van der Waals surface area contributed by atoms with Gasteiger partial charge in [-0.2, -0.15) is 0 Å². The Labute approximate surface area is 133 Å². The van der Waals surface area contributed by atoms with Gasteiger partial charge < -0.3 is 0 Å². The van der Waals surface area contributed by atoms with E-state index in [1.807, 2.05) is 6.92 Å². The molecule has 0 aromatic rings.